The van der Waals surface area contributed by atoms with Crippen molar-refractivity contribution in [3.63, 3.8) is 0 Å². The van der Waals surface area contributed by atoms with Gasteiger partial charge in [0.2, 0.25) is 10.0 Å². The Kier molecular flexibility index (Phi) is 6.67. The summed E-state index contributed by atoms with van der Waals surface area (Å²) in [7, 11) is -0.828. The number of nitrogens with one attached hydrogen (secondary N) is 2. The largest absolute Gasteiger partial charge is 0.269 e. The first kappa shape index (κ1) is 18.6. The zero-order valence-electron chi connectivity index (χ0n) is 13.1. The van der Waals surface area contributed by atoms with E-state index in [0.29, 0.717) is 0 Å². The molecule has 0 aliphatic carbocycles. The molecule has 1 aromatic rings. The average molecular weight is 337 g/mol. The fraction of sp³-hybridized carbons (Fsp3) is 0.200. The van der Waals surface area contributed by atoms with E-state index in [2.05, 4.69) is 10.9 Å². The molecule has 1 rings (SSSR count). The second kappa shape index (κ2) is 8.25. The van der Waals surface area contributed by atoms with Crippen LogP contribution in [0.25, 0.3) is 0 Å². The molecule has 0 aliphatic rings. The van der Waals surface area contributed by atoms with Crippen LogP contribution >= 0.6 is 0 Å². The zero-order chi connectivity index (χ0) is 17.5. The van der Waals surface area contributed by atoms with E-state index in [-0.39, 0.29) is 10.5 Å². The Morgan fingerprint density at radius 2 is 1.83 bits per heavy atom. The van der Waals surface area contributed by atoms with Gasteiger partial charge in [-0.1, -0.05) is 24.3 Å². The van der Waals surface area contributed by atoms with E-state index in [1.54, 1.807) is 19.1 Å². The van der Waals surface area contributed by atoms with Crippen molar-refractivity contribution in [2.45, 2.75) is 11.8 Å². The number of carbonyl (C=O) groups excluding carboxylic acids is 2. The van der Waals surface area contributed by atoms with Crippen molar-refractivity contribution in [3.05, 3.63) is 54.1 Å². The molecule has 0 heterocycles. The molecule has 0 saturated heterocycles. The highest BCUT2D eigenvalue weighted by Gasteiger charge is 2.18. The smallest absolute Gasteiger partial charge is 0.268 e. The second-order valence-electron chi connectivity index (χ2n) is 4.64. The Labute approximate surface area is 135 Å². The highest BCUT2D eigenvalue weighted by molar-refractivity contribution is 7.89. The van der Waals surface area contributed by atoms with E-state index in [1.807, 2.05) is 0 Å². The van der Waals surface area contributed by atoms with Gasteiger partial charge in [0, 0.05) is 25.7 Å². The minimum Gasteiger partial charge on any atom is -0.268 e. The summed E-state index contributed by atoms with van der Waals surface area (Å²) < 4.78 is 25.1. The van der Waals surface area contributed by atoms with Gasteiger partial charge in [0.1, 0.15) is 0 Å². The van der Waals surface area contributed by atoms with Crippen molar-refractivity contribution in [1.82, 2.24) is 15.2 Å². The maximum atomic E-state index is 12.0. The molecule has 0 fully saturated rings. The minimum absolute atomic E-state index is 0.00513. The van der Waals surface area contributed by atoms with E-state index in [4.69, 9.17) is 0 Å². The molecule has 2 N–H and O–H groups in total. The number of carbonyl (C=O) groups is 2. The molecule has 0 aromatic heterocycles. The van der Waals surface area contributed by atoms with Crippen molar-refractivity contribution in [2.75, 3.05) is 14.1 Å². The molecular weight excluding hydrogens is 318 g/mol. The van der Waals surface area contributed by atoms with Crippen molar-refractivity contribution in [2.24, 2.45) is 0 Å². The number of nitrogens with zero attached hydrogens (tertiary/aromatic N) is 1. The van der Waals surface area contributed by atoms with Crippen LogP contribution in [0.15, 0.2) is 53.5 Å². The van der Waals surface area contributed by atoms with E-state index in [1.165, 1.54) is 50.5 Å². The molecule has 0 aliphatic heterocycles. The number of sulfonamides is 1. The molecule has 124 valence electrons. The number of amides is 2. The topological polar surface area (TPSA) is 95.6 Å². The van der Waals surface area contributed by atoms with Gasteiger partial charge in [0.25, 0.3) is 11.8 Å². The van der Waals surface area contributed by atoms with Gasteiger partial charge in [-0.05, 0) is 25.1 Å². The summed E-state index contributed by atoms with van der Waals surface area (Å²) in [4.78, 5) is 23.4. The fourth-order valence-corrected chi connectivity index (χ4v) is 2.44. The van der Waals surface area contributed by atoms with Crippen LogP contribution in [0.4, 0.5) is 0 Å². The molecule has 0 radical (unpaired) electrons. The monoisotopic (exact) mass is 337 g/mol. The van der Waals surface area contributed by atoms with Crippen molar-refractivity contribution in [1.29, 1.82) is 0 Å². The molecule has 2 amide bonds. The summed E-state index contributed by atoms with van der Waals surface area (Å²) in [6.07, 6.45) is 6.18. The Balaban J connectivity index is 2.80. The summed E-state index contributed by atoms with van der Waals surface area (Å²) in [5.74, 6) is -1.12. The molecule has 7 nitrogen and oxygen atoms in total. The molecule has 0 atom stereocenters. The Bertz CT molecular complexity index is 737. The van der Waals surface area contributed by atoms with Gasteiger partial charge in [-0.3, -0.25) is 20.4 Å². The molecule has 23 heavy (non-hydrogen) atoms. The van der Waals surface area contributed by atoms with Crippen LogP contribution in [0.5, 0.6) is 0 Å². The molecule has 8 heteroatoms. The number of hydrogen-bond donors (Lipinski definition) is 2. The van der Waals surface area contributed by atoms with Gasteiger partial charge in [-0.25, -0.2) is 12.7 Å². The third-order valence-electron chi connectivity index (χ3n) is 2.73. The standard InChI is InChI=1S/C15H19N3O4S/c1-4-5-6-10-14(19)16-17-15(20)12-8-7-9-13(11-12)23(21,22)18(2)3/h4-11H,1-3H3,(H,16,19)(H,17,20)/b5-4+,10-6+. The van der Waals surface area contributed by atoms with Gasteiger partial charge >= 0.3 is 0 Å². The minimum atomic E-state index is -3.63. The highest BCUT2D eigenvalue weighted by Crippen LogP contribution is 2.14. The molecule has 1 aromatic carbocycles. The van der Waals surface area contributed by atoms with E-state index < -0.39 is 21.8 Å². The Morgan fingerprint density at radius 3 is 2.43 bits per heavy atom. The number of allylic oxidation sites excluding steroid dienone is 3. The van der Waals surface area contributed by atoms with Crippen LogP contribution in [-0.4, -0.2) is 38.6 Å². The number of hydrogen-bond acceptors (Lipinski definition) is 4. The first-order valence-electron chi connectivity index (χ1n) is 6.71. The summed E-state index contributed by atoms with van der Waals surface area (Å²) in [6, 6.07) is 5.54. The summed E-state index contributed by atoms with van der Waals surface area (Å²) in [5.41, 5.74) is 4.53. The maximum absolute atomic E-state index is 12.0. The lowest BCUT2D eigenvalue weighted by atomic mass is 10.2. The molecule has 0 spiro atoms. The Hall–Kier alpha value is -2.45. The van der Waals surface area contributed by atoms with Crippen LogP contribution in [0.2, 0.25) is 0 Å². The third-order valence-corrected chi connectivity index (χ3v) is 4.54. The van der Waals surface area contributed by atoms with Gasteiger partial charge in [-0.2, -0.15) is 0 Å². The second-order valence-corrected chi connectivity index (χ2v) is 6.80. The predicted octanol–water partition coefficient (Wildman–Crippen LogP) is 0.830. The van der Waals surface area contributed by atoms with Crippen molar-refractivity contribution >= 4 is 21.8 Å². The van der Waals surface area contributed by atoms with Crippen LogP contribution in [0.3, 0.4) is 0 Å². The zero-order valence-corrected chi connectivity index (χ0v) is 13.9. The molecule has 0 saturated carbocycles. The van der Waals surface area contributed by atoms with Crippen molar-refractivity contribution in [3.8, 4) is 0 Å². The average Bonchev–Trinajstić information content (AvgIpc) is 2.52. The normalized spacial score (nSPS) is 12.0. The van der Waals surface area contributed by atoms with Crippen LogP contribution in [0, 0.1) is 0 Å². The van der Waals surface area contributed by atoms with Crippen molar-refractivity contribution < 1.29 is 18.0 Å². The first-order valence-corrected chi connectivity index (χ1v) is 8.15. The van der Waals surface area contributed by atoms with Gasteiger partial charge in [0.15, 0.2) is 0 Å². The maximum Gasteiger partial charge on any atom is 0.269 e. The van der Waals surface area contributed by atoms with E-state index in [0.717, 1.165) is 4.31 Å². The fourth-order valence-electron chi connectivity index (χ4n) is 1.49. The Morgan fingerprint density at radius 1 is 1.13 bits per heavy atom. The SMILES string of the molecule is C/C=C/C=C/C(=O)NNC(=O)c1cccc(S(=O)(=O)N(C)C)c1. The van der Waals surface area contributed by atoms with Crippen LogP contribution in [-0.2, 0) is 14.8 Å². The first-order chi connectivity index (χ1) is 10.8. The summed E-state index contributed by atoms with van der Waals surface area (Å²) in [6.45, 7) is 1.80. The quantitative estimate of drug-likeness (QED) is 0.473. The molecule has 0 bridgehead atoms. The lowest BCUT2D eigenvalue weighted by molar-refractivity contribution is -0.117. The molecular formula is C15H19N3O4S. The lowest BCUT2D eigenvalue weighted by Gasteiger charge is -2.12. The summed E-state index contributed by atoms with van der Waals surface area (Å²) in [5, 5.41) is 0. The third kappa shape index (κ3) is 5.35. The predicted molar refractivity (Wildman–Crippen MR) is 86.9 cm³/mol. The van der Waals surface area contributed by atoms with Gasteiger partial charge < -0.3 is 0 Å². The van der Waals surface area contributed by atoms with E-state index >= 15 is 0 Å². The van der Waals surface area contributed by atoms with Crippen LogP contribution < -0.4 is 10.9 Å². The van der Waals surface area contributed by atoms with E-state index in [9.17, 15) is 18.0 Å². The van der Waals surface area contributed by atoms with Crippen LogP contribution in [0.1, 0.15) is 17.3 Å². The van der Waals surface area contributed by atoms with Gasteiger partial charge in [0.05, 0.1) is 4.90 Å². The van der Waals surface area contributed by atoms with Gasteiger partial charge in [-0.15, -0.1) is 0 Å². The lowest BCUT2D eigenvalue weighted by Crippen LogP contribution is -2.40. The number of hydrazine groups is 1. The highest BCUT2D eigenvalue weighted by atomic mass is 32.2. The summed E-state index contributed by atoms with van der Waals surface area (Å²) >= 11 is 0. The molecule has 0 unspecified atom stereocenters. The number of benzene rings is 1. The number of rotatable bonds is 5.